The summed E-state index contributed by atoms with van der Waals surface area (Å²) in [7, 11) is 0. The molecule has 2 amide bonds. The van der Waals surface area contributed by atoms with E-state index in [1.54, 1.807) is 0 Å². The summed E-state index contributed by atoms with van der Waals surface area (Å²) in [6.07, 6.45) is 5.83. The van der Waals surface area contributed by atoms with Crippen molar-refractivity contribution < 1.29 is 9.59 Å². The number of piperazine rings is 1. The highest BCUT2D eigenvalue weighted by Gasteiger charge is 2.47. The fraction of sp³-hybridized carbons (Fsp3) is 0.867. The lowest BCUT2D eigenvalue weighted by atomic mass is 9.95. The number of hydrogen-bond acceptors (Lipinski definition) is 2. The van der Waals surface area contributed by atoms with Crippen LogP contribution >= 0.6 is 0 Å². The Balaban J connectivity index is 1.74. The molecule has 106 valence electrons. The third kappa shape index (κ3) is 2.63. The Morgan fingerprint density at radius 3 is 2.42 bits per heavy atom. The number of nitrogens with one attached hydrogen (secondary N) is 1. The van der Waals surface area contributed by atoms with Gasteiger partial charge in [-0.25, -0.2) is 0 Å². The molecule has 3 fully saturated rings. The minimum Gasteiger partial charge on any atom is -0.342 e. The van der Waals surface area contributed by atoms with Gasteiger partial charge in [0.15, 0.2) is 0 Å². The van der Waals surface area contributed by atoms with Crippen LogP contribution in [0.3, 0.4) is 0 Å². The van der Waals surface area contributed by atoms with E-state index in [1.165, 1.54) is 12.8 Å². The van der Waals surface area contributed by atoms with Gasteiger partial charge < -0.3 is 10.2 Å². The van der Waals surface area contributed by atoms with Gasteiger partial charge in [0.1, 0.15) is 12.1 Å². The van der Waals surface area contributed by atoms with Crippen LogP contribution in [-0.4, -0.2) is 35.3 Å². The molecule has 3 rings (SSSR count). The number of nitrogens with zero attached hydrogens (tertiary/aromatic N) is 1. The van der Waals surface area contributed by atoms with E-state index in [2.05, 4.69) is 5.32 Å². The average Bonchev–Trinajstić information content (AvgIpc) is 3.22. The third-order valence-corrected chi connectivity index (χ3v) is 4.65. The maximum absolute atomic E-state index is 12.6. The molecule has 2 unspecified atom stereocenters. The van der Waals surface area contributed by atoms with E-state index in [0.717, 1.165) is 31.7 Å². The molecule has 2 atom stereocenters. The van der Waals surface area contributed by atoms with Crippen molar-refractivity contribution in [2.24, 2.45) is 17.8 Å². The number of carbonyl (C=O) groups excluding carboxylic acids is 2. The van der Waals surface area contributed by atoms with Crippen LogP contribution in [0.2, 0.25) is 0 Å². The molecule has 1 saturated heterocycles. The zero-order chi connectivity index (χ0) is 13.6. The van der Waals surface area contributed by atoms with Gasteiger partial charge in [0, 0.05) is 6.54 Å². The first-order valence-corrected chi connectivity index (χ1v) is 7.68. The molecule has 19 heavy (non-hydrogen) atoms. The second kappa shape index (κ2) is 4.80. The Morgan fingerprint density at radius 2 is 1.89 bits per heavy atom. The minimum atomic E-state index is -0.263. The molecular weight excluding hydrogens is 240 g/mol. The van der Waals surface area contributed by atoms with Gasteiger partial charge in [-0.2, -0.15) is 0 Å². The van der Waals surface area contributed by atoms with Crippen molar-refractivity contribution in [2.75, 3.05) is 6.54 Å². The van der Waals surface area contributed by atoms with Gasteiger partial charge >= 0.3 is 0 Å². The molecule has 2 saturated carbocycles. The monoisotopic (exact) mass is 264 g/mol. The van der Waals surface area contributed by atoms with Crippen LogP contribution in [0.5, 0.6) is 0 Å². The van der Waals surface area contributed by atoms with E-state index in [9.17, 15) is 9.59 Å². The van der Waals surface area contributed by atoms with Gasteiger partial charge in [0.05, 0.1) is 0 Å². The highest BCUT2D eigenvalue weighted by Crippen LogP contribution is 2.37. The second-order valence-electron chi connectivity index (χ2n) is 6.78. The summed E-state index contributed by atoms with van der Waals surface area (Å²) in [5.74, 6) is 1.60. The van der Waals surface area contributed by atoms with E-state index in [1.807, 2.05) is 18.7 Å². The molecule has 0 aromatic heterocycles. The Labute approximate surface area is 114 Å². The quantitative estimate of drug-likeness (QED) is 0.819. The van der Waals surface area contributed by atoms with E-state index < -0.39 is 0 Å². The average molecular weight is 264 g/mol. The van der Waals surface area contributed by atoms with Crippen molar-refractivity contribution in [1.82, 2.24) is 10.2 Å². The predicted octanol–water partition coefficient (Wildman–Crippen LogP) is 1.55. The Hall–Kier alpha value is -1.06. The normalized spacial score (nSPS) is 31.8. The van der Waals surface area contributed by atoms with Crippen LogP contribution in [0.25, 0.3) is 0 Å². The molecule has 1 aliphatic heterocycles. The maximum Gasteiger partial charge on any atom is 0.246 e. The SMILES string of the molecule is CC(C)C1C(=O)NC(C2CC2)C(=O)N1CCC1CC1. The molecule has 4 nitrogen and oxygen atoms in total. The zero-order valence-corrected chi connectivity index (χ0v) is 11.9. The summed E-state index contributed by atoms with van der Waals surface area (Å²) in [4.78, 5) is 26.8. The van der Waals surface area contributed by atoms with Crippen LogP contribution in [0, 0.1) is 17.8 Å². The molecule has 2 aliphatic carbocycles. The van der Waals surface area contributed by atoms with Gasteiger partial charge in [0.25, 0.3) is 0 Å². The lowest BCUT2D eigenvalue weighted by molar-refractivity contribution is -0.151. The number of carbonyl (C=O) groups is 2. The standard InChI is InChI=1S/C15H24N2O2/c1-9(2)13-14(18)16-12(11-5-6-11)15(19)17(13)8-7-10-3-4-10/h9-13H,3-8H2,1-2H3,(H,16,18). The Kier molecular flexibility index (Phi) is 3.27. The van der Waals surface area contributed by atoms with Crippen molar-refractivity contribution in [3.8, 4) is 0 Å². The van der Waals surface area contributed by atoms with Gasteiger partial charge in [-0.05, 0) is 37.0 Å². The molecule has 0 spiro atoms. The van der Waals surface area contributed by atoms with Crippen molar-refractivity contribution in [1.29, 1.82) is 0 Å². The first kappa shape index (κ1) is 12.9. The van der Waals surface area contributed by atoms with Crippen LogP contribution < -0.4 is 5.32 Å². The summed E-state index contributed by atoms with van der Waals surface area (Å²) in [5.41, 5.74) is 0. The second-order valence-corrected chi connectivity index (χ2v) is 6.78. The first-order chi connectivity index (χ1) is 9.08. The highest BCUT2D eigenvalue weighted by molar-refractivity contribution is 5.97. The smallest absolute Gasteiger partial charge is 0.246 e. The molecule has 0 aromatic rings. The Morgan fingerprint density at radius 1 is 1.21 bits per heavy atom. The molecule has 3 aliphatic rings. The van der Waals surface area contributed by atoms with E-state index in [-0.39, 0.29) is 29.8 Å². The zero-order valence-electron chi connectivity index (χ0n) is 11.9. The number of amides is 2. The molecule has 0 radical (unpaired) electrons. The van der Waals surface area contributed by atoms with Gasteiger partial charge in [-0.1, -0.05) is 26.7 Å². The molecule has 0 aromatic carbocycles. The van der Waals surface area contributed by atoms with E-state index in [4.69, 9.17) is 0 Å². The lowest BCUT2D eigenvalue weighted by Gasteiger charge is -2.41. The van der Waals surface area contributed by atoms with E-state index in [0.29, 0.717) is 5.92 Å². The van der Waals surface area contributed by atoms with Crippen LogP contribution in [0.4, 0.5) is 0 Å². The molecular formula is C15H24N2O2. The van der Waals surface area contributed by atoms with Crippen LogP contribution in [-0.2, 0) is 9.59 Å². The van der Waals surface area contributed by atoms with Crippen LogP contribution in [0.1, 0.15) is 46.0 Å². The summed E-state index contributed by atoms with van der Waals surface area (Å²) in [6, 6.07) is -0.497. The minimum absolute atomic E-state index is 0.0577. The largest absolute Gasteiger partial charge is 0.342 e. The third-order valence-electron chi connectivity index (χ3n) is 4.65. The van der Waals surface area contributed by atoms with Gasteiger partial charge in [-0.15, -0.1) is 0 Å². The molecule has 0 bridgehead atoms. The fourth-order valence-corrected chi connectivity index (χ4v) is 3.15. The van der Waals surface area contributed by atoms with Crippen molar-refractivity contribution in [2.45, 2.75) is 58.0 Å². The first-order valence-electron chi connectivity index (χ1n) is 7.68. The van der Waals surface area contributed by atoms with Gasteiger partial charge in [0.2, 0.25) is 11.8 Å². The van der Waals surface area contributed by atoms with Gasteiger partial charge in [-0.3, -0.25) is 9.59 Å². The molecule has 1 N–H and O–H groups in total. The van der Waals surface area contributed by atoms with E-state index >= 15 is 0 Å². The van der Waals surface area contributed by atoms with Crippen molar-refractivity contribution in [3.05, 3.63) is 0 Å². The summed E-state index contributed by atoms with van der Waals surface area (Å²) in [6.45, 7) is 4.82. The Bertz CT molecular complexity index is 386. The fourth-order valence-electron chi connectivity index (χ4n) is 3.15. The summed E-state index contributed by atoms with van der Waals surface area (Å²) >= 11 is 0. The maximum atomic E-state index is 12.6. The summed E-state index contributed by atoms with van der Waals surface area (Å²) in [5, 5.41) is 2.96. The lowest BCUT2D eigenvalue weighted by Crippen LogP contribution is -2.65. The highest BCUT2D eigenvalue weighted by atomic mass is 16.2. The van der Waals surface area contributed by atoms with Crippen molar-refractivity contribution in [3.63, 3.8) is 0 Å². The number of rotatable bonds is 5. The molecule has 1 heterocycles. The number of hydrogen-bond donors (Lipinski definition) is 1. The summed E-state index contributed by atoms with van der Waals surface area (Å²) < 4.78 is 0. The predicted molar refractivity (Wildman–Crippen MR) is 72.3 cm³/mol. The van der Waals surface area contributed by atoms with Crippen LogP contribution in [0.15, 0.2) is 0 Å². The topological polar surface area (TPSA) is 49.4 Å². The molecule has 4 heteroatoms. The van der Waals surface area contributed by atoms with Crippen molar-refractivity contribution >= 4 is 11.8 Å².